The zero-order valence-electron chi connectivity index (χ0n) is 10.3. The molecule has 3 nitrogen and oxygen atoms in total. The first kappa shape index (κ1) is 13.6. The second kappa shape index (κ2) is 6.98. The molecule has 16 heavy (non-hydrogen) atoms. The Bertz CT molecular complexity index is 297. The van der Waals surface area contributed by atoms with E-state index in [1.165, 1.54) is 5.56 Å². The molecule has 0 radical (unpaired) electrons. The molecule has 1 N–H and O–H groups in total. The quantitative estimate of drug-likeness (QED) is 0.714. The molecule has 0 amide bonds. The van der Waals surface area contributed by atoms with Gasteiger partial charge in [-0.15, -0.1) is 0 Å². The first-order chi connectivity index (χ1) is 7.70. The maximum Gasteiger partial charge on any atom is 0.348 e. The molecular formula is C11H21NO2Si2. The lowest BCUT2D eigenvalue weighted by molar-refractivity contribution is 0.235. The minimum atomic E-state index is -1.95. The highest BCUT2D eigenvalue weighted by Crippen LogP contribution is 2.04. The lowest BCUT2D eigenvalue weighted by Crippen LogP contribution is -2.48. The van der Waals surface area contributed by atoms with Crippen molar-refractivity contribution in [1.82, 2.24) is 5.32 Å². The van der Waals surface area contributed by atoms with Gasteiger partial charge in [0.15, 0.2) is 0 Å². The van der Waals surface area contributed by atoms with Crippen molar-refractivity contribution >= 4 is 18.8 Å². The lowest BCUT2D eigenvalue weighted by atomic mass is 10.2. The van der Waals surface area contributed by atoms with Crippen molar-refractivity contribution in [2.75, 3.05) is 19.5 Å². The van der Waals surface area contributed by atoms with Crippen molar-refractivity contribution in [2.24, 2.45) is 0 Å². The fourth-order valence-corrected chi connectivity index (χ4v) is 4.90. The third-order valence-corrected chi connectivity index (χ3v) is 6.02. The van der Waals surface area contributed by atoms with Crippen molar-refractivity contribution in [3.8, 4) is 0 Å². The van der Waals surface area contributed by atoms with Gasteiger partial charge in [0.1, 0.15) is 0 Å². The van der Waals surface area contributed by atoms with Gasteiger partial charge in [-0.25, -0.2) is 0 Å². The van der Waals surface area contributed by atoms with Crippen LogP contribution in [0.15, 0.2) is 30.3 Å². The fraction of sp³-hybridized carbons (Fsp3) is 0.455. The first-order valence-corrected chi connectivity index (χ1v) is 9.57. The highest BCUT2D eigenvalue weighted by Gasteiger charge is 2.28. The Morgan fingerprint density at radius 2 is 2.00 bits per heavy atom. The van der Waals surface area contributed by atoms with Gasteiger partial charge < -0.3 is 14.2 Å². The van der Waals surface area contributed by atoms with Crippen molar-refractivity contribution in [3.05, 3.63) is 35.9 Å². The normalized spacial score (nSPS) is 14.9. The molecule has 0 aliphatic heterocycles. The SMILES string of the molecule is CO[Si](C)(CNCc1ccccc1)OC[SiH3]. The van der Waals surface area contributed by atoms with E-state index in [9.17, 15) is 0 Å². The Balaban J connectivity index is 2.34. The van der Waals surface area contributed by atoms with Gasteiger partial charge >= 0.3 is 8.56 Å². The molecule has 0 aromatic heterocycles. The van der Waals surface area contributed by atoms with E-state index < -0.39 is 8.56 Å². The van der Waals surface area contributed by atoms with Crippen LogP contribution in [-0.2, 0) is 15.4 Å². The second-order valence-electron chi connectivity index (χ2n) is 3.86. The van der Waals surface area contributed by atoms with Crippen LogP contribution in [-0.4, -0.2) is 38.3 Å². The summed E-state index contributed by atoms with van der Waals surface area (Å²) >= 11 is 0. The molecule has 1 aromatic carbocycles. The average molecular weight is 255 g/mol. The van der Waals surface area contributed by atoms with Gasteiger partial charge in [-0.1, -0.05) is 30.3 Å². The minimum Gasteiger partial charge on any atom is -0.398 e. The van der Waals surface area contributed by atoms with E-state index in [2.05, 4.69) is 36.1 Å². The summed E-state index contributed by atoms with van der Waals surface area (Å²) in [4.78, 5) is 0. The Morgan fingerprint density at radius 3 is 2.56 bits per heavy atom. The van der Waals surface area contributed by atoms with Crippen LogP contribution >= 0.6 is 0 Å². The highest BCUT2D eigenvalue weighted by atomic mass is 28.4. The Labute approximate surface area is 102 Å². The molecule has 5 heteroatoms. The zero-order valence-corrected chi connectivity index (χ0v) is 13.3. The van der Waals surface area contributed by atoms with Crippen molar-refractivity contribution in [2.45, 2.75) is 13.1 Å². The van der Waals surface area contributed by atoms with Gasteiger partial charge in [0.2, 0.25) is 0 Å². The largest absolute Gasteiger partial charge is 0.398 e. The van der Waals surface area contributed by atoms with Crippen LogP contribution in [0, 0.1) is 0 Å². The molecule has 1 rings (SSSR count). The topological polar surface area (TPSA) is 30.5 Å². The van der Waals surface area contributed by atoms with E-state index in [1.807, 2.05) is 6.07 Å². The molecule has 0 heterocycles. The summed E-state index contributed by atoms with van der Waals surface area (Å²) < 4.78 is 11.2. The average Bonchev–Trinajstić information content (AvgIpc) is 2.31. The predicted octanol–water partition coefficient (Wildman–Crippen LogP) is 0.373. The molecule has 0 spiro atoms. The van der Waals surface area contributed by atoms with E-state index in [0.717, 1.165) is 29.2 Å². The fourth-order valence-electron chi connectivity index (χ4n) is 1.52. The zero-order chi connectivity index (χ0) is 11.9. The highest BCUT2D eigenvalue weighted by molar-refractivity contribution is 6.66. The Hall–Kier alpha value is -0.466. The molecule has 0 bridgehead atoms. The molecule has 0 aliphatic carbocycles. The molecule has 1 aromatic rings. The van der Waals surface area contributed by atoms with Crippen molar-refractivity contribution in [1.29, 1.82) is 0 Å². The molecule has 0 fully saturated rings. The maximum absolute atomic E-state index is 5.73. The summed E-state index contributed by atoms with van der Waals surface area (Å²) in [5.41, 5.74) is 1.29. The molecule has 0 aliphatic rings. The predicted molar refractivity (Wildman–Crippen MR) is 72.7 cm³/mol. The van der Waals surface area contributed by atoms with Crippen molar-refractivity contribution in [3.63, 3.8) is 0 Å². The number of hydrogen-bond acceptors (Lipinski definition) is 3. The van der Waals surface area contributed by atoms with Crippen LogP contribution in [0.2, 0.25) is 6.55 Å². The number of hydrogen-bond donors (Lipinski definition) is 1. The summed E-state index contributed by atoms with van der Waals surface area (Å²) in [6.07, 6.45) is 1.68. The van der Waals surface area contributed by atoms with Crippen LogP contribution in [0.5, 0.6) is 0 Å². The molecule has 1 unspecified atom stereocenters. The van der Waals surface area contributed by atoms with Gasteiger partial charge in [-0.05, 0) is 12.1 Å². The first-order valence-electron chi connectivity index (χ1n) is 5.64. The van der Waals surface area contributed by atoms with Crippen molar-refractivity contribution < 1.29 is 8.85 Å². The number of rotatable bonds is 7. The van der Waals surface area contributed by atoms with E-state index in [0.29, 0.717) is 0 Å². The molecule has 0 saturated carbocycles. The van der Waals surface area contributed by atoms with E-state index in [-0.39, 0.29) is 0 Å². The standard InChI is InChI=1S/C11H21NO2Si2/c1-13-16(2,14-10-15)9-12-8-11-6-4-3-5-7-11/h3-7,12H,8-10H2,1-2,15H3. The Kier molecular flexibility index (Phi) is 5.93. The van der Waals surface area contributed by atoms with Gasteiger partial charge in [-0.3, -0.25) is 0 Å². The molecular weight excluding hydrogens is 234 g/mol. The smallest absolute Gasteiger partial charge is 0.348 e. The minimum absolute atomic E-state index is 0.834. The van der Waals surface area contributed by atoms with Gasteiger partial charge in [0.25, 0.3) is 0 Å². The van der Waals surface area contributed by atoms with Crippen LogP contribution in [0.25, 0.3) is 0 Å². The maximum atomic E-state index is 5.73. The summed E-state index contributed by atoms with van der Waals surface area (Å²) in [7, 11) is 0.854. The van der Waals surface area contributed by atoms with Crippen LogP contribution in [0.3, 0.4) is 0 Å². The number of nitrogens with one attached hydrogen (secondary N) is 1. The lowest BCUT2D eigenvalue weighted by Gasteiger charge is -2.24. The van der Waals surface area contributed by atoms with E-state index >= 15 is 0 Å². The second-order valence-corrected chi connectivity index (χ2v) is 7.76. The number of benzene rings is 1. The third kappa shape index (κ3) is 4.59. The van der Waals surface area contributed by atoms with Gasteiger partial charge in [0, 0.05) is 36.3 Å². The monoisotopic (exact) mass is 255 g/mol. The summed E-state index contributed by atoms with van der Waals surface area (Å²) in [5.74, 6) is 0. The summed E-state index contributed by atoms with van der Waals surface area (Å²) in [6.45, 7) is 2.97. The van der Waals surface area contributed by atoms with E-state index in [4.69, 9.17) is 8.85 Å². The Morgan fingerprint density at radius 1 is 1.31 bits per heavy atom. The molecule has 90 valence electrons. The van der Waals surface area contributed by atoms with Crippen LogP contribution in [0.1, 0.15) is 5.56 Å². The van der Waals surface area contributed by atoms with Crippen LogP contribution in [0.4, 0.5) is 0 Å². The van der Waals surface area contributed by atoms with Gasteiger partial charge in [0.05, 0.1) is 0 Å². The van der Waals surface area contributed by atoms with E-state index in [1.54, 1.807) is 7.11 Å². The molecule has 0 saturated heterocycles. The van der Waals surface area contributed by atoms with Gasteiger partial charge in [-0.2, -0.15) is 0 Å². The van der Waals surface area contributed by atoms with Crippen LogP contribution < -0.4 is 5.32 Å². The third-order valence-electron chi connectivity index (χ3n) is 2.50. The summed E-state index contributed by atoms with van der Waals surface area (Å²) in [6, 6.07) is 10.4. The summed E-state index contributed by atoms with van der Waals surface area (Å²) in [5, 5.41) is 3.41. The molecule has 1 atom stereocenters.